The summed E-state index contributed by atoms with van der Waals surface area (Å²) < 4.78 is 0. The first-order chi connectivity index (χ1) is 10.3. The van der Waals surface area contributed by atoms with Gasteiger partial charge in [0.1, 0.15) is 12.2 Å². The molecule has 2 aromatic carbocycles. The average Bonchev–Trinajstić information content (AvgIpc) is 2.53. The average molecular weight is 279 g/mol. The Balaban J connectivity index is 2.13. The molecule has 0 aliphatic rings. The van der Waals surface area contributed by atoms with E-state index < -0.39 is 5.97 Å². The van der Waals surface area contributed by atoms with Crippen molar-refractivity contribution in [3.05, 3.63) is 54.6 Å². The maximum Gasteiger partial charge on any atom is 0.322 e. The Kier molecular flexibility index (Phi) is 3.47. The van der Waals surface area contributed by atoms with Gasteiger partial charge < -0.3 is 10.4 Å². The second-order valence-corrected chi connectivity index (χ2v) is 4.56. The summed E-state index contributed by atoms with van der Waals surface area (Å²) in [5, 5.41) is 21.7. The molecule has 104 valence electrons. The molecule has 1 heterocycles. The van der Waals surface area contributed by atoms with Crippen LogP contribution in [-0.4, -0.2) is 27.8 Å². The molecule has 0 radical (unpaired) electrons. The number of fused-ring (bicyclic) bond motifs is 1. The van der Waals surface area contributed by atoms with E-state index >= 15 is 0 Å². The Morgan fingerprint density at radius 2 is 1.62 bits per heavy atom. The number of carbonyl (C=O) groups is 1. The van der Waals surface area contributed by atoms with Gasteiger partial charge in [0.2, 0.25) is 0 Å². The topological polar surface area (TPSA) is 75.1 Å². The number of benzene rings is 2. The van der Waals surface area contributed by atoms with Crippen molar-refractivity contribution < 1.29 is 9.90 Å². The number of rotatable bonds is 4. The number of hydrogen-bond donors (Lipinski definition) is 2. The molecule has 1 aromatic heterocycles. The Bertz CT molecular complexity index is 788. The van der Waals surface area contributed by atoms with Crippen molar-refractivity contribution in [2.24, 2.45) is 0 Å². The van der Waals surface area contributed by atoms with Gasteiger partial charge in [-0.2, -0.15) is 0 Å². The lowest BCUT2D eigenvalue weighted by molar-refractivity contribution is -0.134. The Morgan fingerprint density at radius 1 is 0.952 bits per heavy atom. The number of nitrogens with one attached hydrogen (secondary N) is 1. The maximum absolute atomic E-state index is 10.7. The van der Waals surface area contributed by atoms with Gasteiger partial charge in [0.25, 0.3) is 0 Å². The molecule has 0 aliphatic heterocycles. The fourth-order valence-electron chi connectivity index (χ4n) is 2.20. The van der Waals surface area contributed by atoms with Crippen LogP contribution in [-0.2, 0) is 4.79 Å². The molecular formula is C16H13N3O2. The molecule has 3 rings (SSSR count). The summed E-state index contributed by atoms with van der Waals surface area (Å²) >= 11 is 0. The number of carboxylic acid groups (broad SMARTS) is 1. The highest BCUT2D eigenvalue weighted by Gasteiger charge is 2.10. The van der Waals surface area contributed by atoms with Crippen LogP contribution in [0.25, 0.3) is 22.0 Å². The third kappa shape index (κ3) is 2.67. The number of nitrogens with zero attached hydrogens (tertiary/aromatic N) is 2. The molecular weight excluding hydrogens is 266 g/mol. The summed E-state index contributed by atoms with van der Waals surface area (Å²) in [5.41, 5.74) is 1.76. The third-order valence-corrected chi connectivity index (χ3v) is 3.14. The normalized spacial score (nSPS) is 10.5. The summed E-state index contributed by atoms with van der Waals surface area (Å²) in [6.07, 6.45) is 0. The number of anilines is 1. The molecule has 0 unspecified atom stereocenters. The number of carboxylic acids is 1. The molecule has 2 N–H and O–H groups in total. The minimum atomic E-state index is -0.937. The van der Waals surface area contributed by atoms with Crippen molar-refractivity contribution in [2.75, 3.05) is 11.9 Å². The van der Waals surface area contributed by atoms with E-state index in [1.807, 2.05) is 54.6 Å². The van der Waals surface area contributed by atoms with Gasteiger partial charge in [0.15, 0.2) is 5.82 Å². The van der Waals surface area contributed by atoms with Crippen LogP contribution >= 0.6 is 0 Å². The van der Waals surface area contributed by atoms with Crippen molar-refractivity contribution in [2.45, 2.75) is 0 Å². The van der Waals surface area contributed by atoms with Crippen LogP contribution in [0.2, 0.25) is 0 Å². The second-order valence-electron chi connectivity index (χ2n) is 4.56. The molecule has 0 atom stereocenters. The summed E-state index contributed by atoms with van der Waals surface area (Å²) in [7, 11) is 0. The quantitative estimate of drug-likeness (QED) is 0.768. The van der Waals surface area contributed by atoms with Gasteiger partial charge in [0, 0.05) is 16.3 Å². The number of hydrogen-bond acceptors (Lipinski definition) is 4. The Hall–Kier alpha value is -2.95. The first kappa shape index (κ1) is 13.1. The molecule has 0 amide bonds. The molecule has 0 saturated carbocycles. The van der Waals surface area contributed by atoms with Gasteiger partial charge in [-0.1, -0.05) is 54.6 Å². The van der Waals surface area contributed by atoms with Crippen LogP contribution < -0.4 is 5.32 Å². The van der Waals surface area contributed by atoms with Gasteiger partial charge in [0.05, 0.1) is 0 Å². The summed E-state index contributed by atoms with van der Waals surface area (Å²) in [4.78, 5) is 10.7. The van der Waals surface area contributed by atoms with Gasteiger partial charge in [-0.15, -0.1) is 10.2 Å². The van der Waals surface area contributed by atoms with Crippen molar-refractivity contribution in [3.63, 3.8) is 0 Å². The predicted octanol–water partition coefficient (Wildman–Crippen LogP) is 2.79. The summed E-state index contributed by atoms with van der Waals surface area (Å²) in [5.74, 6) is -0.458. The largest absolute Gasteiger partial charge is 0.480 e. The highest BCUT2D eigenvalue weighted by atomic mass is 16.4. The molecule has 0 fully saturated rings. The van der Waals surface area contributed by atoms with E-state index in [4.69, 9.17) is 5.11 Å². The maximum atomic E-state index is 10.7. The first-order valence-electron chi connectivity index (χ1n) is 6.52. The Morgan fingerprint density at radius 3 is 2.33 bits per heavy atom. The minimum Gasteiger partial charge on any atom is -0.480 e. The lowest BCUT2D eigenvalue weighted by Gasteiger charge is -2.09. The minimum absolute atomic E-state index is 0.191. The Labute approximate surface area is 121 Å². The van der Waals surface area contributed by atoms with E-state index in [0.29, 0.717) is 5.82 Å². The summed E-state index contributed by atoms with van der Waals surface area (Å²) in [6.45, 7) is -0.191. The van der Waals surface area contributed by atoms with Crippen LogP contribution in [0, 0.1) is 0 Å². The van der Waals surface area contributed by atoms with Gasteiger partial charge in [-0.05, 0) is 0 Å². The third-order valence-electron chi connectivity index (χ3n) is 3.14. The van der Waals surface area contributed by atoms with E-state index in [9.17, 15) is 4.79 Å². The molecule has 3 aromatic rings. The molecule has 5 nitrogen and oxygen atoms in total. The van der Waals surface area contributed by atoms with E-state index in [2.05, 4.69) is 15.5 Å². The molecule has 21 heavy (non-hydrogen) atoms. The lowest BCUT2D eigenvalue weighted by atomic mass is 10.0. The zero-order valence-electron chi connectivity index (χ0n) is 11.2. The number of aromatic nitrogens is 2. The molecule has 5 heteroatoms. The molecule has 0 bridgehead atoms. The summed E-state index contributed by atoms with van der Waals surface area (Å²) in [6, 6.07) is 17.5. The zero-order valence-corrected chi connectivity index (χ0v) is 11.2. The molecule has 0 saturated heterocycles. The fraction of sp³-hybridized carbons (Fsp3) is 0.0625. The highest BCUT2D eigenvalue weighted by molar-refractivity contribution is 6.00. The van der Waals surface area contributed by atoms with Crippen molar-refractivity contribution in [3.8, 4) is 11.3 Å². The monoisotopic (exact) mass is 279 g/mol. The van der Waals surface area contributed by atoms with Gasteiger partial charge in [-0.3, -0.25) is 4.79 Å². The fourth-order valence-corrected chi connectivity index (χ4v) is 2.20. The zero-order chi connectivity index (χ0) is 14.7. The van der Waals surface area contributed by atoms with Gasteiger partial charge >= 0.3 is 5.97 Å². The molecule has 0 spiro atoms. The van der Waals surface area contributed by atoms with Crippen LogP contribution in [0.3, 0.4) is 0 Å². The van der Waals surface area contributed by atoms with E-state index in [1.54, 1.807) is 0 Å². The second kappa shape index (κ2) is 5.58. The van der Waals surface area contributed by atoms with Crippen molar-refractivity contribution in [1.29, 1.82) is 0 Å². The predicted molar refractivity (Wildman–Crippen MR) is 81.1 cm³/mol. The van der Waals surface area contributed by atoms with Gasteiger partial charge in [-0.25, -0.2) is 0 Å². The van der Waals surface area contributed by atoms with E-state index in [-0.39, 0.29) is 6.54 Å². The highest BCUT2D eigenvalue weighted by Crippen LogP contribution is 2.29. The number of aliphatic carboxylic acids is 1. The van der Waals surface area contributed by atoms with E-state index in [0.717, 1.165) is 22.0 Å². The van der Waals surface area contributed by atoms with Crippen LogP contribution in [0.15, 0.2) is 54.6 Å². The lowest BCUT2D eigenvalue weighted by Crippen LogP contribution is -2.14. The SMILES string of the molecule is O=C(O)CNc1nnc(-c2ccccc2)c2ccccc12. The van der Waals surface area contributed by atoms with Crippen LogP contribution in [0.1, 0.15) is 0 Å². The van der Waals surface area contributed by atoms with E-state index in [1.165, 1.54) is 0 Å². The standard InChI is InChI=1S/C16H13N3O2/c20-14(21)10-17-16-13-9-5-4-8-12(13)15(18-19-16)11-6-2-1-3-7-11/h1-9H,10H2,(H,17,19)(H,20,21). The van der Waals surface area contributed by atoms with Crippen molar-refractivity contribution >= 4 is 22.6 Å². The molecule has 0 aliphatic carbocycles. The van der Waals surface area contributed by atoms with Crippen LogP contribution in [0.4, 0.5) is 5.82 Å². The van der Waals surface area contributed by atoms with Crippen LogP contribution in [0.5, 0.6) is 0 Å². The first-order valence-corrected chi connectivity index (χ1v) is 6.52. The smallest absolute Gasteiger partial charge is 0.322 e. The van der Waals surface area contributed by atoms with Crippen molar-refractivity contribution in [1.82, 2.24) is 10.2 Å².